The number of morpholine rings is 1. The molecule has 0 spiro atoms. The summed E-state index contributed by atoms with van der Waals surface area (Å²) in [5.41, 5.74) is 1.46. The number of amides is 1. The number of aliphatic carboxylic acids is 1. The van der Waals surface area contributed by atoms with Gasteiger partial charge in [0.1, 0.15) is 0 Å². The van der Waals surface area contributed by atoms with Gasteiger partial charge in [-0.15, -0.1) is 0 Å². The smallest absolute Gasteiger partial charge is 0.475 e. The van der Waals surface area contributed by atoms with Gasteiger partial charge in [-0.1, -0.05) is 0 Å². The zero-order valence-electron chi connectivity index (χ0n) is 15.4. The van der Waals surface area contributed by atoms with Crippen LogP contribution in [0.15, 0.2) is 18.5 Å². The van der Waals surface area contributed by atoms with Crippen LogP contribution >= 0.6 is 0 Å². The molecule has 11 heteroatoms. The summed E-state index contributed by atoms with van der Waals surface area (Å²) in [6.45, 7) is 5.28. The van der Waals surface area contributed by atoms with Gasteiger partial charge < -0.3 is 19.5 Å². The number of esters is 1. The van der Waals surface area contributed by atoms with E-state index in [0.717, 1.165) is 5.56 Å². The summed E-state index contributed by atoms with van der Waals surface area (Å²) in [5.74, 6) is -3.19. The van der Waals surface area contributed by atoms with E-state index >= 15 is 0 Å². The highest BCUT2D eigenvalue weighted by Crippen LogP contribution is 2.16. The largest absolute Gasteiger partial charge is 0.490 e. The van der Waals surface area contributed by atoms with Gasteiger partial charge in [-0.2, -0.15) is 13.2 Å². The Balaban J connectivity index is 0.000000480. The molecule has 1 aliphatic rings. The Labute approximate surface area is 159 Å². The first-order valence-corrected chi connectivity index (χ1v) is 8.32. The minimum absolute atomic E-state index is 0.121. The van der Waals surface area contributed by atoms with Crippen molar-refractivity contribution in [1.29, 1.82) is 0 Å². The molecule has 0 aromatic carbocycles. The van der Waals surface area contributed by atoms with Gasteiger partial charge in [0.05, 0.1) is 37.8 Å². The summed E-state index contributed by atoms with van der Waals surface area (Å²) in [4.78, 5) is 38.8. The first kappa shape index (κ1) is 23.3. The molecule has 1 N–H and O–H groups in total. The van der Waals surface area contributed by atoms with Crippen molar-refractivity contribution in [2.24, 2.45) is 0 Å². The molecule has 1 fully saturated rings. The number of ether oxygens (including phenoxy) is 2. The lowest BCUT2D eigenvalue weighted by molar-refractivity contribution is -0.192. The fourth-order valence-corrected chi connectivity index (χ4v) is 2.34. The molecule has 2 rings (SSSR count). The monoisotopic (exact) mass is 406 g/mol. The van der Waals surface area contributed by atoms with Crippen LogP contribution in [0.3, 0.4) is 0 Å². The predicted octanol–water partition coefficient (Wildman–Crippen LogP) is 1.82. The van der Waals surface area contributed by atoms with Crippen molar-refractivity contribution in [3.8, 4) is 0 Å². The number of hydrogen-bond donors (Lipinski definition) is 1. The molecule has 1 atom stereocenters. The molecule has 1 amide bonds. The highest BCUT2D eigenvalue weighted by Gasteiger charge is 2.38. The molecule has 1 saturated heterocycles. The van der Waals surface area contributed by atoms with Crippen LogP contribution in [-0.4, -0.2) is 71.4 Å². The fourth-order valence-electron chi connectivity index (χ4n) is 2.34. The lowest BCUT2D eigenvalue weighted by Gasteiger charge is -2.35. The van der Waals surface area contributed by atoms with Gasteiger partial charge in [0, 0.05) is 18.9 Å². The molecule has 1 aromatic heterocycles. The normalized spacial score (nSPS) is 16.6. The van der Waals surface area contributed by atoms with Crippen LogP contribution in [-0.2, 0) is 19.1 Å². The number of hydrogen-bond acceptors (Lipinski definition) is 6. The van der Waals surface area contributed by atoms with Crippen molar-refractivity contribution in [2.75, 3.05) is 26.4 Å². The van der Waals surface area contributed by atoms with Gasteiger partial charge in [-0.3, -0.25) is 14.6 Å². The number of alkyl halides is 3. The Bertz CT molecular complexity index is 696. The highest BCUT2D eigenvalue weighted by molar-refractivity contribution is 5.94. The Morgan fingerprint density at radius 1 is 1.36 bits per heavy atom. The topological polar surface area (TPSA) is 106 Å². The van der Waals surface area contributed by atoms with E-state index in [4.69, 9.17) is 19.4 Å². The second kappa shape index (κ2) is 10.6. The van der Waals surface area contributed by atoms with Crippen LogP contribution in [0.5, 0.6) is 0 Å². The minimum Gasteiger partial charge on any atom is -0.475 e. The molecule has 156 valence electrons. The number of halogens is 3. The Morgan fingerprint density at radius 3 is 2.54 bits per heavy atom. The minimum atomic E-state index is -5.08. The molecular weight excluding hydrogens is 385 g/mol. The van der Waals surface area contributed by atoms with Crippen LogP contribution < -0.4 is 0 Å². The van der Waals surface area contributed by atoms with E-state index in [-0.39, 0.29) is 24.3 Å². The van der Waals surface area contributed by atoms with Gasteiger partial charge >= 0.3 is 18.1 Å². The van der Waals surface area contributed by atoms with Crippen LogP contribution in [0.25, 0.3) is 0 Å². The molecule has 1 aromatic rings. The second-order valence-electron chi connectivity index (χ2n) is 5.79. The lowest BCUT2D eigenvalue weighted by atomic mass is 10.1. The zero-order chi connectivity index (χ0) is 21.3. The SMILES string of the molecule is CCOC(=O)CC1COCCN1C(=O)c1cncc(C)c1.O=C(O)C(F)(F)F. The zero-order valence-corrected chi connectivity index (χ0v) is 15.4. The standard InChI is InChI=1S/C15H20N2O4.C2HF3O2/c1-3-21-14(18)7-13-10-20-5-4-17(13)15(19)12-6-11(2)8-16-9-12;3-2(4,5)1(6)7/h6,8-9,13H,3-5,7,10H2,1-2H3;(H,6,7). The molecular formula is C17H21F3N2O6. The predicted molar refractivity (Wildman–Crippen MR) is 89.6 cm³/mol. The summed E-state index contributed by atoms with van der Waals surface area (Å²) in [7, 11) is 0. The van der Waals surface area contributed by atoms with E-state index < -0.39 is 12.1 Å². The average molecular weight is 406 g/mol. The van der Waals surface area contributed by atoms with Gasteiger partial charge in [-0.05, 0) is 25.5 Å². The number of carboxylic acids is 1. The summed E-state index contributed by atoms with van der Waals surface area (Å²) in [5, 5.41) is 7.12. The molecule has 28 heavy (non-hydrogen) atoms. The quantitative estimate of drug-likeness (QED) is 0.760. The van der Waals surface area contributed by atoms with Crippen molar-refractivity contribution in [3.63, 3.8) is 0 Å². The molecule has 1 aliphatic heterocycles. The van der Waals surface area contributed by atoms with E-state index in [2.05, 4.69) is 4.98 Å². The fraction of sp³-hybridized carbons (Fsp3) is 0.529. The van der Waals surface area contributed by atoms with Gasteiger partial charge in [0.2, 0.25) is 0 Å². The first-order chi connectivity index (χ1) is 13.1. The number of rotatable bonds is 4. The molecule has 8 nitrogen and oxygen atoms in total. The Morgan fingerprint density at radius 2 is 2.00 bits per heavy atom. The number of aryl methyl sites for hydroxylation is 1. The molecule has 0 bridgehead atoms. The van der Waals surface area contributed by atoms with Crippen LogP contribution in [0, 0.1) is 6.92 Å². The highest BCUT2D eigenvalue weighted by atomic mass is 19.4. The number of aromatic nitrogens is 1. The summed E-state index contributed by atoms with van der Waals surface area (Å²) in [6.07, 6.45) is -1.68. The van der Waals surface area contributed by atoms with E-state index in [0.29, 0.717) is 31.9 Å². The summed E-state index contributed by atoms with van der Waals surface area (Å²) < 4.78 is 42.1. The van der Waals surface area contributed by atoms with Gasteiger partial charge in [-0.25, -0.2) is 4.79 Å². The van der Waals surface area contributed by atoms with Crippen molar-refractivity contribution in [3.05, 3.63) is 29.6 Å². The van der Waals surface area contributed by atoms with E-state index in [1.807, 2.05) is 6.92 Å². The molecule has 2 heterocycles. The number of carboxylic acid groups (broad SMARTS) is 1. The maximum Gasteiger partial charge on any atom is 0.490 e. The van der Waals surface area contributed by atoms with Crippen molar-refractivity contribution in [1.82, 2.24) is 9.88 Å². The maximum atomic E-state index is 12.6. The van der Waals surface area contributed by atoms with Crippen LogP contribution in [0.1, 0.15) is 29.3 Å². The number of pyridine rings is 1. The summed E-state index contributed by atoms with van der Waals surface area (Å²) in [6, 6.07) is 1.51. The molecule has 0 saturated carbocycles. The second-order valence-corrected chi connectivity index (χ2v) is 5.79. The molecule has 1 unspecified atom stereocenters. The molecule has 0 aliphatic carbocycles. The van der Waals surface area contributed by atoms with Crippen LogP contribution in [0.2, 0.25) is 0 Å². The van der Waals surface area contributed by atoms with E-state index in [1.165, 1.54) is 0 Å². The Kier molecular flexibility index (Phi) is 8.83. The Hall–Kier alpha value is -2.69. The van der Waals surface area contributed by atoms with Crippen molar-refractivity contribution >= 4 is 17.8 Å². The van der Waals surface area contributed by atoms with Gasteiger partial charge in [0.15, 0.2) is 0 Å². The third kappa shape index (κ3) is 7.51. The van der Waals surface area contributed by atoms with Crippen molar-refractivity contribution < 1.29 is 42.1 Å². The maximum absolute atomic E-state index is 12.6. The van der Waals surface area contributed by atoms with Gasteiger partial charge in [0.25, 0.3) is 5.91 Å². The summed E-state index contributed by atoms with van der Waals surface area (Å²) >= 11 is 0. The average Bonchev–Trinajstić information content (AvgIpc) is 2.61. The number of carbonyl (C=O) groups is 3. The van der Waals surface area contributed by atoms with Crippen LogP contribution in [0.4, 0.5) is 13.2 Å². The third-order valence-electron chi connectivity index (χ3n) is 3.56. The lowest BCUT2D eigenvalue weighted by Crippen LogP contribution is -2.49. The van der Waals surface area contributed by atoms with Crippen molar-refractivity contribution in [2.45, 2.75) is 32.5 Å². The van der Waals surface area contributed by atoms with E-state index in [9.17, 15) is 22.8 Å². The van der Waals surface area contributed by atoms with E-state index in [1.54, 1.807) is 30.3 Å². The first-order valence-electron chi connectivity index (χ1n) is 8.32. The number of nitrogens with zero attached hydrogens (tertiary/aromatic N) is 2. The third-order valence-corrected chi connectivity index (χ3v) is 3.56. The number of carbonyl (C=O) groups excluding carboxylic acids is 2. The molecule has 0 radical (unpaired) electrons.